The molecule has 3 aromatic carbocycles. The average molecular weight is 492 g/mol. The molecule has 0 fully saturated rings. The largest absolute Gasteiger partial charge is 0.356 e. The van der Waals surface area contributed by atoms with Crippen LogP contribution in [0.5, 0.6) is 0 Å². The Hall–Kier alpha value is -3.09. The fourth-order valence-corrected chi connectivity index (χ4v) is 4.88. The van der Waals surface area contributed by atoms with Crippen molar-refractivity contribution in [2.24, 2.45) is 0 Å². The quantitative estimate of drug-likeness (QED) is 0.176. The lowest BCUT2D eigenvalue weighted by molar-refractivity contribution is -0.121. The molecule has 0 atom stereocenters. The summed E-state index contributed by atoms with van der Waals surface area (Å²) in [5.41, 5.74) is 2.46. The zero-order valence-electron chi connectivity index (χ0n) is 18.7. The minimum atomic E-state index is -0.117. The minimum Gasteiger partial charge on any atom is -0.356 e. The van der Waals surface area contributed by atoms with Crippen LogP contribution in [0.1, 0.15) is 24.8 Å². The average Bonchev–Trinajstić information content (AvgIpc) is 2.84. The van der Waals surface area contributed by atoms with E-state index >= 15 is 0 Å². The molecule has 1 amide bonds. The Morgan fingerprint density at radius 1 is 0.971 bits per heavy atom. The van der Waals surface area contributed by atoms with Crippen molar-refractivity contribution < 1.29 is 4.79 Å². The number of aromatic nitrogens is 2. The van der Waals surface area contributed by atoms with Gasteiger partial charge in [0, 0.05) is 23.7 Å². The van der Waals surface area contributed by atoms with Crippen LogP contribution in [-0.4, -0.2) is 27.8 Å². The summed E-state index contributed by atoms with van der Waals surface area (Å²) in [6.07, 6.45) is 2.94. The summed E-state index contributed by atoms with van der Waals surface area (Å²) in [7, 11) is 0. The molecular formula is C27H26ClN3O2S. The van der Waals surface area contributed by atoms with Crippen molar-refractivity contribution in [3.63, 3.8) is 0 Å². The van der Waals surface area contributed by atoms with Crippen molar-refractivity contribution in [2.45, 2.75) is 30.8 Å². The Morgan fingerprint density at radius 2 is 1.76 bits per heavy atom. The lowest BCUT2D eigenvalue weighted by Gasteiger charge is -2.13. The van der Waals surface area contributed by atoms with Crippen molar-refractivity contribution in [2.75, 3.05) is 12.3 Å². The van der Waals surface area contributed by atoms with E-state index in [-0.39, 0.29) is 11.5 Å². The van der Waals surface area contributed by atoms with Crippen molar-refractivity contribution in [3.05, 3.63) is 99.8 Å². The summed E-state index contributed by atoms with van der Waals surface area (Å²) < 4.78 is 1.62. The van der Waals surface area contributed by atoms with E-state index < -0.39 is 0 Å². The molecule has 0 saturated heterocycles. The van der Waals surface area contributed by atoms with Gasteiger partial charge < -0.3 is 5.32 Å². The SMILES string of the molecule is O=C(CCCCSc1nc2ccccc2c(=O)n1-c1cccc(Cl)c1)NCCc1ccccc1. The van der Waals surface area contributed by atoms with Crippen molar-refractivity contribution in [1.29, 1.82) is 0 Å². The fourth-order valence-electron chi connectivity index (χ4n) is 3.68. The highest BCUT2D eigenvalue weighted by Gasteiger charge is 2.13. The number of carbonyl (C=O) groups excluding carboxylic acids is 1. The summed E-state index contributed by atoms with van der Waals surface area (Å²) in [6.45, 7) is 0.643. The van der Waals surface area contributed by atoms with Gasteiger partial charge in [-0.3, -0.25) is 14.2 Å². The molecule has 4 rings (SSSR count). The first-order valence-electron chi connectivity index (χ1n) is 11.3. The molecular weight excluding hydrogens is 466 g/mol. The number of halogens is 1. The van der Waals surface area contributed by atoms with Crippen LogP contribution in [0, 0.1) is 0 Å². The number of carbonyl (C=O) groups is 1. The van der Waals surface area contributed by atoms with Gasteiger partial charge in [-0.1, -0.05) is 71.9 Å². The third kappa shape index (κ3) is 6.27. The molecule has 0 bridgehead atoms. The molecule has 0 aliphatic heterocycles. The molecule has 0 aliphatic carbocycles. The van der Waals surface area contributed by atoms with E-state index in [9.17, 15) is 9.59 Å². The Labute approximate surface area is 208 Å². The highest BCUT2D eigenvalue weighted by Crippen LogP contribution is 2.24. The maximum atomic E-state index is 13.3. The summed E-state index contributed by atoms with van der Waals surface area (Å²) in [5.74, 6) is 0.823. The second-order valence-corrected chi connectivity index (χ2v) is 9.42. The molecule has 0 unspecified atom stereocenters. The van der Waals surface area contributed by atoms with Gasteiger partial charge in [0.15, 0.2) is 5.16 Å². The first-order valence-corrected chi connectivity index (χ1v) is 12.7. The van der Waals surface area contributed by atoms with E-state index in [0.29, 0.717) is 39.7 Å². The number of thioether (sulfide) groups is 1. The smallest absolute Gasteiger partial charge is 0.266 e. The van der Waals surface area contributed by atoms with Crippen molar-refractivity contribution in [3.8, 4) is 5.69 Å². The lowest BCUT2D eigenvalue weighted by atomic mass is 10.1. The first kappa shape index (κ1) is 24.0. The van der Waals surface area contributed by atoms with Crippen LogP contribution in [-0.2, 0) is 11.2 Å². The van der Waals surface area contributed by atoms with Crippen LogP contribution in [0.2, 0.25) is 5.02 Å². The number of nitrogens with zero attached hydrogens (tertiary/aromatic N) is 2. The number of para-hydroxylation sites is 1. The van der Waals surface area contributed by atoms with Gasteiger partial charge in [0.25, 0.3) is 5.56 Å². The summed E-state index contributed by atoms with van der Waals surface area (Å²) in [5, 5.41) is 4.74. The molecule has 0 radical (unpaired) electrons. The Morgan fingerprint density at radius 3 is 2.59 bits per heavy atom. The molecule has 1 heterocycles. The number of amides is 1. The molecule has 5 nitrogen and oxygen atoms in total. The molecule has 4 aromatic rings. The molecule has 1 N–H and O–H groups in total. The second kappa shape index (κ2) is 11.9. The van der Waals surface area contributed by atoms with Gasteiger partial charge in [0.1, 0.15) is 0 Å². The first-order chi connectivity index (χ1) is 16.6. The monoisotopic (exact) mass is 491 g/mol. The molecule has 7 heteroatoms. The highest BCUT2D eigenvalue weighted by atomic mass is 35.5. The van der Waals surface area contributed by atoms with Crippen molar-refractivity contribution >= 4 is 40.2 Å². The molecule has 34 heavy (non-hydrogen) atoms. The Bertz CT molecular complexity index is 1320. The van der Waals surface area contributed by atoms with Gasteiger partial charge in [-0.15, -0.1) is 0 Å². The van der Waals surface area contributed by atoms with Gasteiger partial charge in [-0.25, -0.2) is 4.98 Å². The van der Waals surface area contributed by atoms with Crippen LogP contribution in [0.15, 0.2) is 88.8 Å². The predicted molar refractivity (Wildman–Crippen MR) is 140 cm³/mol. The molecule has 0 spiro atoms. The van der Waals surface area contributed by atoms with Gasteiger partial charge in [-0.05, 0) is 55.2 Å². The van der Waals surface area contributed by atoms with Gasteiger partial charge >= 0.3 is 0 Å². The van der Waals surface area contributed by atoms with E-state index in [2.05, 4.69) is 17.4 Å². The molecule has 0 saturated carbocycles. The molecule has 174 valence electrons. The Kier molecular flexibility index (Phi) is 8.39. The standard InChI is InChI=1S/C27H26ClN3O2S/c28-21-11-8-12-22(19-21)31-26(33)23-13-4-5-14-24(23)30-27(31)34-18-7-6-15-25(32)29-17-16-20-9-2-1-3-10-20/h1-5,8-14,19H,6-7,15-18H2,(H,29,32). The summed E-state index contributed by atoms with van der Waals surface area (Å²) >= 11 is 7.70. The zero-order chi connectivity index (χ0) is 23.8. The maximum absolute atomic E-state index is 13.3. The van der Waals surface area contributed by atoms with Gasteiger partial charge in [-0.2, -0.15) is 0 Å². The second-order valence-electron chi connectivity index (χ2n) is 7.92. The van der Waals surface area contributed by atoms with Crippen molar-refractivity contribution in [1.82, 2.24) is 14.9 Å². The van der Waals surface area contributed by atoms with Crippen LogP contribution < -0.4 is 10.9 Å². The molecule has 1 aromatic heterocycles. The van der Waals surface area contributed by atoms with Crippen LogP contribution in [0.4, 0.5) is 0 Å². The van der Waals surface area contributed by atoms with Gasteiger partial charge in [0.2, 0.25) is 5.91 Å². The normalized spacial score (nSPS) is 11.0. The van der Waals surface area contributed by atoms with E-state index in [0.717, 1.165) is 25.0 Å². The van der Waals surface area contributed by atoms with E-state index in [1.807, 2.05) is 48.5 Å². The third-order valence-corrected chi connectivity index (χ3v) is 6.68. The number of rotatable bonds is 10. The Balaban J connectivity index is 1.34. The van der Waals surface area contributed by atoms with E-state index in [1.54, 1.807) is 22.8 Å². The minimum absolute atomic E-state index is 0.0700. The number of unbranched alkanes of at least 4 members (excludes halogenated alkanes) is 1. The van der Waals surface area contributed by atoms with Crippen LogP contribution in [0.25, 0.3) is 16.6 Å². The fraction of sp³-hybridized carbons (Fsp3) is 0.222. The van der Waals surface area contributed by atoms with Gasteiger partial charge in [0.05, 0.1) is 16.6 Å². The van der Waals surface area contributed by atoms with Crippen LogP contribution in [0.3, 0.4) is 0 Å². The zero-order valence-corrected chi connectivity index (χ0v) is 20.3. The third-order valence-electron chi connectivity index (χ3n) is 5.42. The summed E-state index contributed by atoms with van der Waals surface area (Å²) in [6, 6.07) is 24.7. The van der Waals surface area contributed by atoms with E-state index in [1.165, 1.54) is 17.3 Å². The number of hydrogen-bond acceptors (Lipinski definition) is 4. The van der Waals surface area contributed by atoms with E-state index in [4.69, 9.17) is 16.6 Å². The topological polar surface area (TPSA) is 64.0 Å². The molecule has 0 aliphatic rings. The number of hydrogen-bond donors (Lipinski definition) is 1. The highest BCUT2D eigenvalue weighted by molar-refractivity contribution is 7.99. The van der Waals surface area contributed by atoms with Crippen LogP contribution >= 0.6 is 23.4 Å². The number of benzene rings is 3. The number of fused-ring (bicyclic) bond motifs is 1. The number of nitrogens with one attached hydrogen (secondary N) is 1. The summed E-state index contributed by atoms with van der Waals surface area (Å²) in [4.78, 5) is 30.1. The predicted octanol–water partition coefficient (Wildman–Crippen LogP) is 5.66. The maximum Gasteiger partial charge on any atom is 0.266 e. The lowest BCUT2D eigenvalue weighted by Crippen LogP contribution is -2.25.